The molecule has 1 spiro atoms. The van der Waals surface area contributed by atoms with Crippen LogP contribution in [0.1, 0.15) is 58.3 Å². The van der Waals surface area contributed by atoms with E-state index in [-0.39, 0.29) is 29.6 Å². The number of nitriles is 1. The minimum atomic E-state index is -0.861. The summed E-state index contributed by atoms with van der Waals surface area (Å²) in [6.07, 6.45) is 3.49. The van der Waals surface area contributed by atoms with E-state index in [2.05, 4.69) is 16.7 Å². The number of nitrogens with zero attached hydrogens (tertiary/aromatic N) is 1. The summed E-state index contributed by atoms with van der Waals surface area (Å²) < 4.78 is 0. The van der Waals surface area contributed by atoms with E-state index in [1.165, 1.54) is 5.56 Å². The van der Waals surface area contributed by atoms with Gasteiger partial charge in [0.25, 0.3) is 5.91 Å². The minimum absolute atomic E-state index is 0.0452. The number of aryl methyl sites for hydroxylation is 2. The fourth-order valence-corrected chi connectivity index (χ4v) is 4.89. The van der Waals surface area contributed by atoms with Crippen molar-refractivity contribution in [1.82, 2.24) is 5.32 Å². The molecule has 0 saturated heterocycles. The maximum atomic E-state index is 13.2. The van der Waals surface area contributed by atoms with Crippen LogP contribution in [0.4, 0.5) is 5.69 Å². The summed E-state index contributed by atoms with van der Waals surface area (Å²) in [5, 5.41) is 23.8. The SMILES string of the molecule is CNC(=O)c1ccc2c(c1)C1(CC2)CC1C(=O)Nc1cc(C#N)ccc1CCCC(=O)O. The third-order valence-corrected chi connectivity index (χ3v) is 6.70. The summed E-state index contributed by atoms with van der Waals surface area (Å²) in [5.41, 5.74) is 4.47. The Hall–Kier alpha value is -3.66. The molecule has 4 rings (SSSR count). The van der Waals surface area contributed by atoms with Crippen molar-refractivity contribution in [3.05, 3.63) is 64.2 Å². The fourth-order valence-electron chi connectivity index (χ4n) is 4.89. The zero-order valence-electron chi connectivity index (χ0n) is 17.9. The summed E-state index contributed by atoms with van der Waals surface area (Å²) in [4.78, 5) is 36.1. The van der Waals surface area contributed by atoms with Gasteiger partial charge in [0, 0.05) is 36.1 Å². The number of aliphatic carboxylic acids is 1. The Bertz CT molecular complexity index is 1150. The highest BCUT2D eigenvalue weighted by molar-refractivity contribution is 5.98. The van der Waals surface area contributed by atoms with Crippen molar-refractivity contribution in [1.29, 1.82) is 5.26 Å². The highest BCUT2D eigenvalue weighted by Gasteiger charge is 2.61. The van der Waals surface area contributed by atoms with Crippen LogP contribution in [0.25, 0.3) is 0 Å². The predicted octanol–water partition coefficient (Wildman–Crippen LogP) is 3.17. The molecular formula is C25H25N3O4. The number of carboxylic acid groups (broad SMARTS) is 1. The summed E-state index contributed by atoms with van der Waals surface area (Å²) in [7, 11) is 1.60. The molecule has 2 unspecified atom stereocenters. The minimum Gasteiger partial charge on any atom is -0.481 e. The second-order valence-electron chi connectivity index (χ2n) is 8.58. The molecule has 32 heavy (non-hydrogen) atoms. The second kappa shape index (κ2) is 8.46. The zero-order chi connectivity index (χ0) is 22.9. The van der Waals surface area contributed by atoms with Gasteiger partial charge in [-0.25, -0.2) is 0 Å². The first-order chi connectivity index (χ1) is 15.4. The maximum Gasteiger partial charge on any atom is 0.303 e. The lowest BCUT2D eigenvalue weighted by molar-refractivity contribution is -0.137. The van der Waals surface area contributed by atoms with Crippen molar-refractivity contribution in [3.8, 4) is 6.07 Å². The molecule has 1 saturated carbocycles. The lowest BCUT2D eigenvalue weighted by Crippen LogP contribution is -2.21. The van der Waals surface area contributed by atoms with Gasteiger partial charge < -0.3 is 15.7 Å². The number of amides is 2. The van der Waals surface area contributed by atoms with E-state index >= 15 is 0 Å². The molecule has 2 aromatic carbocycles. The highest BCUT2D eigenvalue weighted by Crippen LogP contribution is 2.61. The van der Waals surface area contributed by atoms with E-state index in [0.29, 0.717) is 29.7 Å². The molecule has 2 aliphatic carbocycles. The molecule has 2 aliphatic rings. The first-order valence-electron chi connectivity index (χ1n) is 10.8. The molecule has 2 aromatic rings. The maximum absolute atomic E-state index is 13.2. The Kier molecular flexibility index (Phi) is 5.70. The first kappa shape index (κ1) is 21.6. The van der Waals surface area contributed by atoms with Gasteiger partial charge in [0.1, 0.15) is 0 Å². The third kappa shape index (κ3) is 3.96. The molecule has 1 fully saturated rings. The van der Waals surface area contributed by atoms with E-state index in [9.17, 15) is 19.6 Å². The number of carbonyl (C=O) groups excluding carboxylic acids is 2. The predicted molar refractivity (Wildman–Crippen MR) is 118 cm³/mol. The van der Waals surface area contributed by atoms with Crippen LogP contribution in [0.2, 0.25) is 0 Å². The quantitative estimate of drug-likeness (QED) is 0.622. The number of carbonyl (C=O) groups is 3. The molecule has 7 heteroatoms. The molecule has 0 aromatic heterocycles. The molecule has 0 bridgehead atoms. The summed E-state index contributed by atoms with van der Waals surface area (Å²) in [6.45, 7) is 0. The normalized spacial score (nSPS) is 20.3. The van der Waals surface area contributed by atoms with Gasteiger partial charge in [-0.05, 0) is 73.1 Å². The first-order valence-corrected chi connectivity index (χ1v) is 10.8. The van der Waals surface area contributed by atoms with Crippen LogP contribution in [0, 0.1) is 17.2 Å². The summed E-state index contributed by atoms with van der Waals surface area (Å²) >= 11 is 0. The lowest BCUT2D eigenvalue weighted by atomic mass is 9.93. The van der Waals surface area contributed by atoms with Crippen LogP contribution >= 0.6 is 0 Å². The van der Waals surface area contributed by atoms with Crippen molar-refractivity contribution >= 4 is 23.5 Å². The second-order valence-corrected chi connectivity index (χ2v) is 8.58. The monoisotopic (exact) mass is 431 g/mol. The van der Waals surface area contributed by atoms with Crippen molar-refractivity contribution in [2.75, 3.05) is 12.4 Å². The topological polar surface area (TPSA) is 119 Å². The fraction of sp³-hybridized carbons (Fsp3) is 0.360. The van der Waals surface area contributed by atoms with E-state index < -0.39 is 5.97 Å². The highest BCUT2D eigenvalue weighted by atomic mass is 16.4. The Morgan fingerprint density at radius 2 is 2.03 bits per heavy atom. The number of carboxylic acids is 1. The van der Waals surface area contributed by atoms with Gasteiger partial charge in [-0.15, -0.1) is 0 Å². The average molecular weight is 431 g/mol. The van der Waals surface area contributed by atoms with Gasteiger partial charge in [0.15, 0.2) is 0 Å². The number of fused-ring (bicyclic) bond motifs is 2. The van der Waals surface area contributed by atoms with Gasteiger partial charge in [-0.1, -0.05) is 12.1 Å². The Balaban J connectivity index is 1.53. The number of benzene rings is 2. The van der Waals surface area contributed by atoms with Gasteiger partial charge in [-0.3, -0.25) is 14.4 Å². The van der Waals surface area contributed by atoms with E-state index in [0.717, 1.165) is 30.4 Å². The van der Waals surface area contributed by atoms with Crippen LogP contribution in [-0.2, 0) is 27.8 Å². The molecule has 2 atom stereocenters. The molecular weight excluding hydrogens is 406 g/mol. The van der Waals surface area contributed by atoms with Crippen LogP contribution in [-0.4, -0.2) is 29.9 Å². The Morgan fingerprint density at radius 1 is 1.22 bits per heavy atom. The standard InChI is InChI=1S/C25H25N3O4/c1-27-23(31)18-8-7-16-9-10-25(19(16)12-18)13-20(25)24(32)28-21-11-15(14-26)5-6-17(21)3-2-4-22(29)30/h5-8,11-12,20H,2-4,9-10,13H2,1H3,(H,27,31)(H,28,32)(H,29,30). The largest absolute Gasteiger partial charge is 0.481 e. The van der Waals surface area contributed by atoms with Crippen LogP contribution in [0.5, 0.6) is 0 Å². The number of nitrogens with one attached hydrogen (secondary N) is 2. The van der Waals surface area contributed by atoms with Crippen molar-refractivity contribution in [2.45, 2.75) is 43.9 Å². The molecule has 7 nitrogen and oxygen atoms in total. The molecule has 0 radical (unpaired) electrons. The number of rotatable bonds is 7. The number of hydrogen-bond acceptors (Lipinski definition) is 4. The number of hydrogen-bond donors (Lipinski definition) is 3. The number of anilines is 1. The van der Waals surface area contributed by atoms with Gasteiger partial charge in [0.2, 0.25) is 5.91 Å². The Morgan fingerprint density at radius 3 is 2.75 bits per heavy atom. The summed E-state index contributed by atoms with van der Waals surface area (Å²) in [5.74, 6) is -1.30. The van der Waals surface area contributed by atoms with Crippen LogP contribution < -0.4 is 10.6 Å². The van der Waals surface area contributed by atoms with E-state index in [1.807, 2.05) is 18.2 Å². The van der Waals surface area contributed by atoms with Gasteiger partial charge in [0.05, 0.1) is 11.6 Å². The molecule has 164 valence electrons. The summed E-state index contributed by atoms with van der Waals surface area (Å²) in [6, 6.07) is 12.9. The van der Waals surface area contributed by atoms with Crippen LogP contribution in [0.3, 0.4) is 0 Å². The Labute approximate surface area is 186 Å². The van der Waals surface area contributed by atoms with E-state index in [4.69, 9.17) is 5.11 Å². The molecule has 0 aliphatic heterocycles. The smallest absolute Gasteiger partial charge is 0.303 e. The van der Waals surface area contributed by atoms with Crippen molar-refractivity contribution in [3.63, 3.8) is 0 Å². The van der Waals surface area contributed by atoms with Gasteiger partial charge in [-0.2, -0.15) is 5.26 Å². The van der Waals surface area contributed by atoms with Crippen molar-refractivity contribution < 1.29 is 19.5 Å². The van der Waals surface area contributed by atoms with Crippen molar-refractivity contribution in [2.24, 2.45) is 5.92 Å². The molecule has 3 N–H and O–H groups in total. The zero-order valence-corrected chi connectivity index (χ0v) is 17.9. The lowest BCUT2D eigenvalue weighted by Gasteiger charge is -2.15. The van der Waals surface area contributed by atoms with Gasteiger partial charge >= 0.3 is 5.97 Å². The third-order valence-electron chi connectivity index (χ3n) is 6.70. The molecule has 2 amide bonds. The molecule has 0 heterocycles. The van der Waals surface area contributed by atoms with E-state index in [1.54, 1.807) is 25.2 Å². The van der Waals surface area contributed by atoms with Crippen LogP contribution in [0.15, 0.2) is 36.4 Å². The average Bonchev–Trinajstić information content (AvgIpc) is 3.42.